The fourth-order valence-electron chi connectivity index (χ4n) is 5.72. The van der Waals surface area contributed by atoms with Gasteiger partial charge in [0.1, 0.15) is 23.7 Å². The number of nitrogens with one attached hydrogen (secondary N) is 2. The zero-order valence-electron chi connectivity index (χ0n) is 19.4. The first-order valence-electron chi connectivity index (χ1n) is 12.0. The van der Waals surface area contributed by atoms with E-state index in [2.05, 4.69) is 43.8 Å². The minimum absolute atomic E-state index is 0.00403. The molecule has 2 aliphatic heterocycles. The highest BCUT2D eigenvalue weighted by Crippen LogP contribution is 2.47. The van der Waals surface area contributed by atoms with E-state index in [-0.39, 0.29) is 11.8 Å². The highest BCUT2D eigenvalue weighted by atomic mass is 16.2. The lowest BCUT2D eigenvalue weighted by atomic mass is 9.79. The fourth-order valence-corrected chi connectivity index (χ4v) is 5.72. The van der Waals surface area contributed by atoms with Gasteiger partial charge < -0.3 is 15.5 Å². The molecule has 0 bridgehead atoms. The van der Waals surface area contributed by atoms with Gasteiger partial charge >= 0.3 is 0 Å². The maximum Gasteiger partial charge on any atom is 0.277 e. The number of hydrogen-bond acceptors (Lipinski definition) is 6. The number of rotatable bonds is 3. The predicted octanol–water partition coefficient (Wildman–Crippen LogP) is 3.81. The number of benzene rings is 2. The number of pyridine rings is 1. The smallest absolute Gasteiger partial charge is 0.277 e. The zero-order valence-corrected chi connectivity index (χ0v) is 19.4. The Balaban J connectivity index is 1.13. The third-order valence-corrected chi connectivity index (χ3v) is 7.47. The molecule has 176 valence electrons. The van der Waals surface area contributed by atoms with E-state index < -0.39 is 5.41 Å². The maximum absolute atomic E-state index is 13.2. The quantitative estimate of drug-likeness (QED) is 0.469. The van der Waals surface area contributed by atoms with Crippen molar-refractivity contribution in [1.29, 1.82) is 0 Å². The van der Waals surface area contributed by atoms with Crippen molar-refractivity contribution in [2.75, 3.05) is 22.1 Å². The number of anilines is 4. The van der Waals surface area contributed by atoms with Crippen LogP contribution in [0.5, 0.6) is 0 Å². The lowest BCUT2D eigenvalue weighted by Gasteiger charge is -2.20. The van der Waals surface area contributed by atoms with Gasteiger partial charge in [-0.2, -0.15) is 0 Å². The van der Waals surface area contributed by atoms with E-state index in [4.69, 9.17) is 0 Å². The molecule has 1 atom stereocenters. The summed E-state index contributed by atoms with van der Waals surface area (Å²) in [6.45, 7) is 0.643. The summed E-state index contributed by atoms with van der Waals surface area (Å²) < 4.78 is 0. The summed E-state index contributed by atoms with van der Waals surface area (Å²) >= 11 is 0. The molecule has 0 fully saturated rings. The van der Waals surface area contributed by atoms with Crippen LogP contribution in [-0.4, -0.2) is 33.3 Å². The van der Waals surface area contributed by atoms with E-state index in [9.17, 15) is 9.59 Å². The van der Waals surface area contributed by atoms with Gasteiger partial charge in [0.25, 0.3) is 5.91 Å². The highest BCUT2D eigenvalue weighted by Gasteiger charge is 2.51. The maximum atomic E-state index is 13.2. The fraction of sp³-hybridized carbons (Fsp3) is 0.179. The second-order valence-electron chi connectivity index (χ2n) is 9.52. The van der Waals surface area contributed by atoms with E-state index in [1.807, 2.05) is 36.4 Å². The molecule has 36 heavy (non-hydrogen) atoms. The Morgan fingerprint density at radius 1 is 0.944 bits per heavy atom. The van der Waals surface area contributed by atoms with Crippen LogP contribution in [0.2, 0.25) is 0 Å². The van der Waals surface area contributed by atoms with Crippen molar-refractivity contribution in [2.24, 2.45) is 0 Å². The van der Waals surface area contributed by atoms with Crippen molar-refractivity contribution < 1.29 is 9.59 Å². The van der Waals surface area contributed by atoms with Crippen molar-refractivity contribution in [3.05, 3.63) is 101 Å². The number of para-hydroxylation sites is 1. The average Bonchev–Trinajstić information content (AvgIpc) is 3.58. The molecular weight excluding hydrogens is 452 g/mol. The van der Waals surface area contributed by atoms with Crippen molar-refractivity contribution >= 4 is 34.8 Å². The Morgan fingerprint density at radius 2 is 1.83 bits per heavy atom. The molecule has 8 heteroatoms. The minimum Gasteiger partial charge on any atom is -0.340 e. The van der Waals surface area contributed by atoms with Gasteiger partial charge in [-0.1, -0.05) is 30.3 Å². The number of hydrogen-bond donors (Lipinski definition) is 2. The molecule has 0 saturated carbocycles. The van der Waals surface area contributed by atoms with Gasteiger partial charge in [0.15, 0.2) is 0 Å². The van der Waals surface area contributed by atoms with Gasteiger partial charge in [0, 0.05) is 35.7 Å². The van der Waals surface area contributed by atoms with Gasteiger partial charge in [-0.3, -0.25) is 9.59 Å². The summed E-state index contributed by atoms with van der Waals surface area (Å²) in [7, 11) is 0. The SMILES string of the molecule is O=C(c1cc(Nc2ccc3c(c2)CC2(C3)C(=O)Nc3ncccc32)ncn1)N1CCc2ccccc21. The van der Waals surface area contributed by atoms with E-state index in [0.717, 1.165) is 34.5 Å². The highest BCUT2D eigenvalue weighted by molar-refractivity contribution is 6.07. The second-order valence-corrected chi connectivity index (χ2v) is 9.52. The van der Waals surface area contributed by atoms with Crippen molar-refractivity contribution in [3.8, 4) is 0 Å². The first-order valence-corrected chi connectivity index (χ1v) is 12.0. The molecule has 1 spiro atoms. The number of carbonyl (C=O) groups excluding carboxylic acids is 2. The third-order valence-electron chi connectivity index (χ3n) is 7.47. The third kappa shape index (κ3) is 3.11. The summed E-state index contributed by atoms with van der Waals surface area (Å²) in [6.07, 6.45) is 5.21. The topological polar surface area (TPSA) is 100 Å². The van der Waals surface area contributed by atoms with Gasteiger partial charge in [-0.25, -0.2) is 15.0 Å². The first kappa shape index (κ1) is 20.8. The molecule has 0 radical (unpaired) electrons. The molecule has 4 heterocycles. The van der Waals surface area contributed by atoms with E-state index in [1.54, 1.807) is 17.2 Å². The second kappa shape index (κ2) is 7.71. The standard InChI is InChI=1S/C28H22N6O2/c35-26(34-11-9-17-4-1-2-6-23(17)34)22-13-24(31-16-30-22)32-20-8-7-18-14-28(15-19(18)12-20)21-5-3-10-29-25(21)33-27(28)36/h1-8,10,12-13,16H,9,11,14-15H2,(H,29,33,36)(H,30,31,32). The Bertz CT molecular complexity index is 1570. The van der Waals surface area contributed by atoms with Crippen LogP contribution in [0.1, 0.15) is 32.7 Å². The van der Waals surface area contributed by atoms with E-state index in [1.165, 1.54) is 11.9 Å². The van der Waals surface area contributed by atoms with Crippen molar-refractivity contribution in [3.63, 3.8) is 0 Å². The molecule has 2 aromatic carbocycles. The van der Waals surface area contributed by atoms with E-state index >= 15 is 0 Å². The number of carbonyl (C=O) groups is 2. The summed E-state index contributed by atoms with van der Waals surface area (Å²) in [5, 5.41) is 6.26. The molecular formula is C28H22N6O2. The van der Waals surface area contributed by atoms with Gasteiger partial charge in [0.05, 0.1) is 5.41 Å². The van der Waals surface area contributed by atoms with Gasteiger partial charge in [-0.05, 0) is 60.2 Å². The molecule has 0 saturated heterocycles. The molecule has 2 aromatic heterocycles. The van der Waals surface area contributed by atoms with Crippen LogP contribution in [0, 0.1) is 0 Å². The van der Waals surface area contributed by atoms with Crippen LogP contribution in [0.15, 0.2) is 73.2 Å². The van der Waals surface area contributed by atoms with Crippen LogP contribution in [-0.2, 0) is 29.5 Å². The Morgan fingerprint density at radius 3 is 2.78 bits per heavy atom. The number of aromatic nitrogens is 3. The monoisotopic (exact) mass is 474 g/mol. The summed E-state index contributed by atoms with van der Waals surface area (Å²) in [4.78, 5) is 40.9. The van der Waals surface area contributed by atoms with Crippen molar-refractivity contribution in [1.82, 2.24) is 15.0 Å². The number of amides is 2. The molecule has 8 nitrogen and oxygen atoms in total. The normalized spacial score (nSPS) is 19.1. The molecule has 1 aliphatic carbocycles. The number of nitrogens with zero attached hydrogens (tertiary/aromatic N) is 4. The zero-order chi connectivity index (χ0) is 24.3. The molecule has 3 aliphatic rings. The van der Waals surface area contributed by atoms with Crippen LogP contribution >= 0.6 is 0 Å². The predicted molar refractivity (Wildman–Crippen MR) is 136 cm³/mol. The first-order chi connectivity index (χ1) is 17.6. The summed E-state index contributed by atoms with van der Waals surface area (Å²) in [6, 6.07) is 19.6. The lowest BCUT2D eigenvalue weighted by Crippen LogP contribution is -2.35. The Labute approximate surface area is 207 Å². The molecule has 7 rings (SSSR count). The number of fused-ring (bicyclic) bond motifs is 4. The van der Waals surface area contributed by atoms with Crippen molar-refractivity contribution in [2.45, 2.75) is 24.7 Å². The van der Waals surface area contributed by atoms with Gasteiger partial charge in [-0.15, -0.1) is 0 Å². The summed E-state index contributed by atoms with van der Waals surface area (Å²) in [5.41, 5.74) is 5.92. The molecule has 1 unspecified atom stereocenters. The average molecular weight is 475 g/mol. The lowest BCUT2D eigenvalue weighted by molar-refractivity contribution is -0.120. The molecule has 2 amide bonds. The molecule has 2 N–H and O–H groups in total. The Hall–Kier alpha value is -4.59. The minimum atomic E-state index is -0.606. The molecule has 4 aromatic rings. The van der Waals surface area contributed by atoms with Gasteiger partial charge in [0.2, 0.25) is 5.91 Å². The summed E-state index contributed by atoms with van der Waals surface area (Å²) in [5.74, 6) is 1.07. The van der Waals surface area contributed by atoms with Crippen LogP contribution in [0.4, 0.5) is 23.0 Å². The van der Waals surface area contributed by atoms with Crippen LogP contribution in [0.25, 0.3) is 0 Å². The van der Waals surface area contributed by atoms with Crippen LogP contribution < -0.4 is 15.5 Å². The van der Waals surface area contributed by atoms with Crippen LogP contribution in [0.3, 0.4) is 0 Å². The largest absolute Gasteiger partial charge is 0.340 e. The Kier molecular flexibility index (Phi) is 4.44. The van der Waals surface area contributed by atoms with E-state index in [0.29, 0.717) is 36.7 Å².